The second-order valence-corrected chi connectivity index (χ2v) is 5.13. The highest BCUT2D eigenvalue weighted by Crippen LogP contribution is 2.29. The van der Waals surface area contributed by atoms with E-state index in [-0.39, 0.29) is 28.3 Å². The van der Waals surface area contributed by atoms with Crippen molar-refractivity contribution in [1.29, 1.82) is 0 Å². The Morgan fingerprint density at radius 1 is 0.786 bits per heavy atom. The third-order valence-corrected chi connectivity index (χ3v) is 3.21. The maximum atomic E-state index is 10.6. The van der Waals surface area contributed by atoms with Gasteiger partial charge in [-0.2, -0.15) is 0 Å². The van der Waals surface area contributed by atoms with Crippen molar-refractivity contribution in [2.75, 3.05) is 22.9 Å². The molecule has 28 heavy (non-hydrogen) atoms. The van der Waals surface area contributed by atoms with Crippen molar-refractivity contribution in [3.8, 4) is 0 Å². The van der Waals surface area contributed by atoms with Gasteiger partial charge in [0, 0.05) is 17.8 Å². The van der Waals surface area contributed by atoms with Crippen LogP contribution in [0.15, 0.2) is 24.3 Å². The number of carbonyl (C=O) groups is 2. The number of benzene rings is 2. The largest absolute Gasteiger partial charge is 0.478 e. The van der Waals surface area contributed by atoms with E-state index in [1.807, 2.05) is 0 Å². The SMILES string of the molecule is Nc1cc(N)c([N+](=O)[O-])c(C(=O)O)c1.Nc1cc([N+](=O)[O-])cc(C(=O)O)c1N. The number of carboxylic acids is 2. The first-order valence-corrected chi connectivity index (χ1v) is 7.00. The lowest BCUT2D eigenvalue weighted by Crippen LogP contribution is -2.07. The van der Waals surface area contributed by atoms with Crippen molar-refractivity contribution in [1.82, 2.24) is 0 Å². The number of anilines is 4. The first-order chi connectivity index (χ1) is 12.9. The molecule has 0 fully saturated rings. The minimum atomic E-state index is -1.43. The third-order valence-electron chi connectivity index (χ3n) is 3.21. The fraction of sp³-hybridized carbons (Fsp3) is 0. The Morgan fingerprint density at radius 3 is 1.75 bits per heavy atom. The molecule has 0 heterocycles. The summed E-state index contributed by atoms with van der Waals surface area (Å²) in [4.78, 5) is 40.5. The number of aromatic carboxylic acids is 2. The molecule has 0 aromatic heterocycles. The van der Waals surface area contributed by atoms with Crippen LogP contribution in [0.1, 0.15) is 20.7 Å². The van der Waals surface area contributed by atoms with E-state index in [0.29, 0.717) is 0 Å². The molecule has 10 N–H and O–H groups in total. The zero-order valence-electron chi connectivity index (χ0n) is 13.9. The van der Waals surface area contributed by atoms with Gasteiger partial charge in [-0.05, 0) is 12.1 Å². The summed E-state index contributed by atoms with van der Waals surface area (Å²) in [5, 5.41) is 38.1. The summed E-state index contributed by atoms with van der Waals surface area (Å²) in [6.07, 6.45) is 0. The summed E-state index contributed by atoms with van der Waals surface area (Å²) in [5.41, 5.74) is 18.8. The van der Waals surface area contributed by atoms with Gasteiger partial charge in [0.2, 0.25) is 0 Å². The number of nitrogens with two attached hydrogens (primary N) is 4. The molecule has 0 aliphatic rings. The van der Waals surface area contributed by atoms with Crippen molar-refractivity contribution >= 4 is 46.1 Å². The molecule has 2 rings (SSSR count). The molecule has 0 saturated carbocycles. The topological polar surface area (TPSA) is 265 Å². The predicted octanol–water partition coefficient (Wildman–Crippen LogP) is 0.915. The van der Waals surface area contributed by atoms with E-state index in [1.54, 1.807) is 0 Å². The van der Waals surface area contributed by atoms with Crippen LogP contribution in [0.4, 0.5) is 34.1 Å². The van der Waals surface area contributed by atoms with Gasteiger partial charge in [0.05, 0.1) is 26.8 Å². The van der Waals surface area contributed by atoms with Crippen LogP contribution in [0, 0.1) is 20.2 Å². The van der Waals surface area contributed by atoms with Crippen LogP contribution in [0.5, 0.6) is 0 Å². The lowest BCUT2D eigenvalue weighted by molar-refractivity contribution is -0.384. The molecule has 0 spiro atoms. The summed E-state index contributed by atoms with van der Waals surface area (Å²) in [6.45, 7) is 0. The molecule has 0 atom stereocenters. The fourth-order valence-electron chi connectivity index (χ4n) is 1.99. The lowest BCUT2D eigenvalue weighted by Gasteiger charge is -2.03. The van der Waals surface area contributed by atoms with Gasteiger partial charge in [0.15, 0.2) is 0 Å². The standard InChI is InChI=1S/2C7H7N3O4/c8-5-2-3(10(13)14)1-4(6(5)9)7(11)12;8-3-1-4(7(11)12)6(10(13)14)5(9)2-3/h2*1-2H,8-9H2,(H,11,12). The zero-order valence-corrected chi connectivity index (χ0v) is 13.9. The van der Waals surface area contributed by atoms with Crippen molar-refractivity contribution < 1.29 is 29.6 Å². The molecule has 0 saturated heterocycles. The van der Waals surface area contributed by atoms with Crippen LogP contribution >= 0.6 is 0 Å². The first kappa shape index (κ1) is 21.4. The molecule has 0 aliphatic carbocycles. The number of carboxylic acid groups (broad SMARTS) is 2. The Morgan fingerprint density at radius 2 is 1.32 bits per heavy atom. The van der Waals surface area contributed by atoms with Gasteiger partial charge in [0.1, 0.15) is 11.3 Å². The smallest absolute Gasteiger partial charge is 0.342 e. The van der Waals surface area contributed by atoms with E-state index in [1.165, 1.54) is 0 Å². The molecular formula is C14H14N6O8. The Kier molecular flexibility index (Phi) is 6.25. The predicted molar refractivity (Wildman–Crippen MR) is 97.8 cm³/mol. The van der Waals surface area contributed by atoms with Crippen molar-refractivity contribution in [3.05, 3.63) is 55.6 Å². The van der Waals surface area contributed by atoms with Crippen molar-refractivity contribution in [2.45, 2.75) is 0 Å². The maximum Gasteiger partial charge on any atom is 0.342 e. The number of hydrogen-bond acceptors (Lipinski definition) is 10. The average Bonchev–Trinajstić information content (AvgIpc) is 2.55. The highest BCUT2D eigenvalue weighted by atomic mass is 16.6. The number of rotatable bonds is 4. The average molecular weight is 394 g/mol. The molecule has 0 unspecified atom stereocenters. The summed E-state index contributed by atoms with van der Waals surface area (Å²) < 4.78 is 0. The van der Waals surface area contributed by atoms with Crippen LogP contribution in [-0.2, 0) is 0 Å². The summed E-state index contributed by atoms with van der Waals surface area (Å²) in [5.74, 6) is -2.78. The summed E-state index contributed by atoms with van der Waals surface area (Å²) >= 11 is 0. The Balaban J connectivity index is 0.000000280. The van der Waals surface area contributed by atoms with Gasteiger partial charge in [-0.25, -0.2) is 9.59 Å². The second kappa shape index (κ2) is 8.17. The molecule has 2 aromatic rings. The van der Waals surface area contributed by atoms with Gasteiger partial charge in [-0.3, -0.25) is 20.2 Å². The minimum Gasteiger partial charge on any atom is -0.478 e. The molecule has 0 amide bonds. The Labute approximate surface area is 155 Å². The summed E-state index contributed by atoms with van der Waals surface area (Å²) in [7, 11) is 0. The molecule has 0 radical (unpaired) electrons. The molecule has 14 heteroatoms. The van der Waals surface area contributed by atoms with Crippen molar-refractivity contribution in [2.24, 2.45) is 0 Å². The van der Waals surface area contributed by atoms with Gasteiger partial charge < -0.3 is 33.1 Å². The number of nitro groups is 2. The maximum absolute atomic E-state index is 10.6. The van der Waals surface area contributed by atoms with Gasteiger partial charge in [-0.15, -0.1) is 0 Å². The summed E-state index contributed by atoms with van der Waals surface area (Å²) in [6, 6.07) is 4.02. The van der Waals surface area contributed by atoms with Crippen LogP contribution in [0.25, 0.3) is 0 Å². The molecule has 0 aliphatic heterocycles. The quantitative estimate of drug-likeness (QED) is 0.240. The number of nitro benzene ring substituents is 2. The number of non-ortho nitro benzene ring substituents is 1. The van der Waals surface area contributed by atoms with E-state index in [0.717, 1.165) is 24.3 Å². The lowest BCUT2D eigenvalue weighted by atomic mass is 10.1. The molecule has 2 aromatic carbocycles. The number of nitrogens with zero attached hydrogens (tertiary/aromatic N) is 2. The van der Waals surface area contributed by atoms with Crippen LogP contribution in [0.2, 0.25) is 0 Å². The highest BCUT2D eigenvalue weighted by molar-refractivity contribution is 5.98. The third kappa shape index (κ3) is 4.72. The molecular weight excluding hydrogens is 380 g/mol. The molecule has 0 bridgehead atoms. The van der Waals surface area contributed by atoms with Crippen LogP contribution < -0.4 is 22.9 Å². The second-order valence-electron chi connectivity index (χ2n) is 5.13. The van der Waals surface area contributed by atoms with E-state index in [2.05, 4.69) is 0 Å². The fourth-order valence-corrected chi connectivity index (χ4v) is 1.99. The first-order valence-electron chi connectivity index (χ1n) is 7.00. The zero-order chi connectivity index (χ0) is 21.8. The normalized spacial score (nSPS) is 9.71. The number of hydrogen-bond donors (Lipinski definition) is 6. The Hall–Kier alpha value is -4.62. The van der Waals surface area contributed by atoms with Gasteiger partial charge in [-0.1, -0.05) is 0 Å². The van der Waals surface area contributed by atoms with E-state index in [4.69, 9.17) is 33.1 Å². The molecule has 148 valence electrons. The van der Waals surface area contributed by atoms with E-state index < -0.39 is 38.7 Å². The van der Waals surface area contributed by atoms with Gasteiger partial charge >= 0.3 is 17.6 Å². The van der Waals surface area contributed by atoms with Crippen molar-refractivity contribution in [3.63, 3.8) is 0 Å². The monoisotopic (exact) mass is 394 g/mol. The highest BCUT2D eigenvalue weighted by Gasteiger charge is 2.23. The van der Waals surface area contributed by atoms with Crippen LogP contribution in [-0.4, -0.2) is 32.0 Å². The Bertz CT molecular complexity index is 990. The molecule has 14 nitrogen and oxygen atoms in total. The van der Waals surface area contributed by atoms with Crippen LogP contribution in [0.3, 0.4) is 0 Å². The minimum absolute atomic E-state index is 0.0745. The number of nitrogen functional groups attached to an aromatic ring is 4. The van der Waals surface area contributed by atoms with Gasteiger partial charge in [0.25, 0.3) is 5.69 Å². The van der Waals surface area contributed by atoms with E-state index in [9.17, 15) is 29.8 Å². The van der Waals surface area contributed by atoms with E-state index >= 15 is 0 Å².